The van der Waals surface area contributed by atoms with Crippen LogP contribution in [0.1, 0.15) is 26.0 Å². The van der Waals surface area contributed by atoms with Crippen molar-refractivity contribution < 1.29 is 4.74 Å². The number of aryl methyl sites for hydroxylation is 1. The number of aromatic nitrogens is 5. The third kappa shape index (κ3) is 4.42. The first-order valence-corrected chi connectivity index (χ1v) is 7.34. The topological polar surface area (TPSA) is 120 Å². The highest BCUT2D eigenvalue weighted by molar-refractivity contribution is 7.99. The van der Waals surface area contributed by atoms with E-state index in [9.17, 15) is 4.79 Å². The molecule has 112 valence electrons. The van der Waals surface area contributed by atoms with E-state index >= 15 is 0 Å². The van der Waals surface area contributed by atoms with Crippen LogP contribution >= 0.6 is 11.8 Å². The number of H-pyrrole nitrogens is 1. The second-order valence-electron chi connectivity index (χ2n) is 4.09. The first kappa shape index (κ1) is 15.2. The maximum absolute atomic E-state index is 11.6. The smallest absolute Gasteiger partial charge is 0.322 e. The van der Waals surface area contributed by atoms with E-state index in [1.165, 1.54) is 6.07 Å². The largest absolute Gasteiger partial charge is 0.464 e. The van der Waals surface area contributed by atoms with Crippen LogP contribution in [0.15, 0.2) is 21.2 Å². The molecular formula is C12H16N6O2S. The lowest BCUT2D eigenvalue weighted by Crippen LogP contribution is -2.10. The number of ether oxygens (including phenoxy) is 1. The summed E-state index contributed by atoms with van der Waals surface area (Å²) in [5.41, 5.74) is 6.13. The molecule has 0 aliphatic heterocycles. The standard InChI is InChI=1S/C12H16N6O2S/c1-3-5-7-6-8(19)15-11(14-7)21-12-17-9(13)16-10(18-12)20-4-2/h6H,3-5H2,1-2H3,(H,14,15,19)(H2,13,16,17,18). The lowest BCUT2D eigenvalue weighted by Gasteiger charge is -2.05. The number of hydrogen-bond acceptors (Lipinski definition) is 8. The number of nitrogen functional groups attached to an aromatic ring is 1. The second-order valence-corrected chi connectivity index (χ2v) is 5.04. The molecule has 0 bridgehead atoms. The Balaban J connectivity index is 2.27. The summed E-state index contributed by atoms with van der Waals surface area (Å²) in [6, 6.07) is 1.64. The van der Waals surface area contributed by atoms with Gasteiger partial charge >= 0.3 is 6.01 Å². The molecule has 0 aromatic carbocycles. The monoisotopic (exact) mass is 308 g/mol. The number of rotatable bonds is 6. The van der Waals surface area contributed by atoms with Gasteiger partial charge in [0, 0.05) is 11.8 Å². The van der Waals surface area contributed by atoms with E-state index in [2.05, 4.69) is 24.9 Å². The summed E-state index contributed by atoms with van der Waals surface area (Å²) in [5, 5.41) is 0.738. The predicted octanol–water partition coefficient (Wildman–Crippen LogP) is 1.04. The Hall–Kier alpha value is -2.16. The quantitative estimate of drug-likeness (QED) is 0.759. The zero-order valence-electron chi connectivity index (χ0n) is 11.8. The van der Waals surface area contributed by atoms with Gasteiger partial charge < -0.3 is 15.5 Å². The van der Waals surface area contributed by atoms with Crippen molar-refractivity contribution in [2.24, 2.45) is 0 Å². The van der Waals surface area contributed by atoms with Crippen LogP contribution in [-0.2, 0) is 6.42 Å². The van der Waals surface area contributed by atoms with E-state index in [1.807, 2.05) is 13.8 Å². The van der Waals surface area contributed by atoms with Gasteiger partial charge in [-0.05, 0) is 25.1 Å². The summed E-state index contributed by atoms with van der Waals surface area (Å²) < 4.78 is 5.20. The third-order valence-corrected chi connectivity index (χ3v) is 3.10. The highest BCUT2D eigenvalue weighted by atomic mass is 32.2. The van der Waals surface area contributed by atoms with Gasteiger partial charge in [0.25, 0.3) is 5.56 Å². The number of nitrogens with two attached hydrogens (primary N) is 1. The van der Waals surface area contributed by atoms with Gasteiger partial charge in [-0.25, -0.2) is 4.98 Å². The van der Waals surface area contributed by atoms with E-state index in [-0.39, 0.29) is 17.5 Å². The molecule has 2 aromatic rings. The zero-order valence-corrected chi connectivity index (χ0v) is 12.6. The molecule has 0 aliphatic rings. The first-order chi connectivity index (χ1) is 10.1. The van der Waals surface area contributed by atoms with Crippen LogP contribution in [-0.4, -0.2) is 31.5 Å². The fourth-order valence-corrected chi connectivity index (χ4v) is 2.34. The molecule has 0 spiro atoms. The molecule has 0 fully saturated rings. The van der Waals surface area contributed by atoms with E-state index in [0.717, 1.165) is 30.3 Å². The van der Waals surface area contributed by atoms with Crippen LogP contribution < -0.4 is 16.0 Å². The van der Waals surface area contributed by atoms with Gasteiger partial charge in [-0.2, -0.15) is 15.0 Å². The average Bonchev–Trinajstić information content (AvgIpc) is 2.37. The van der Waals surface area contributed by atoms with E-state index < -0.39 is 0 Å². The Morgan fingerprint density at radius 1 is 1.29 bits per heavy atom. The summed E-state index contributed by atoms with van der Waals surface area (Å²) in [6.45, 7) is 4.27. The number of aromatic amines is 1. The maximum Gasteiger partial charge on any atom is 0.322 e. The Bertz CT molecular complexity index is 675. The van der Waals surface area contributed by atoms with Crippen molar-refractivity contribution in [3.05, 3.63) is 22.1 Å². The molecule has 0 amide bonds. The SMILES string of the molecule is CCCc1cc(=O)[nH]c(Sc2nc(N)nc(OCC)n2)n1. The third-order valence-electron chi connectivity index (χ3n) is 2.35. The Labute approximate surface area is 125 Å². The van der Waals surface area contributed by atoms with E-state index in [0.29, 0.717) is 16.9 Å². The van der Waals surface area contributed by atoms with Gasteiger partial charge in [-0.15, -0.1) is 0 Å². The van der Waals surface area contributed by atoms with Crippen molar-refractivity contribution in [3.8, 4) is 6.01 Å². The fourth-order valence-electron chi connectivity index (χ4n) is 1.59. The minimum absolute atomic E-state index is 0.0583. The van der Waals surface area contributed by atoms with Crippen molar-refractivity contribution >= 4 is 17.7 Å². The molecular weight excluding hydrogens is 292 g/mol. The molecule has 0 saturated heterocycles. The Morgan fingerprint density at radius 2 is 2.10 bits per heavy atom. The van der Waals surface area contributed by atoms with Gasteiger partial charge in [0.15, 0.2) is 5.16 Å². The summed E-state index contributed by atoms with van der Waals surface area (Å²) in [4.78, 5) is 30.5. The zero-order chi connectivity index (χ0) is 15.2. The average molecular weight is 308 g/mol. The lowest BCUT2D eigenvalue weighted by molar-refractivity contribution is 0.308. The number of nitrogens with zero attached hydrogens (tertiary/aromatic N) is 4. The number of nitrogens with one attached hydrogen (secondary N) is 1. The Kier molecular flexibility index (Phi) is 5.09. The molecule has 8 nitrogen and oxygen atoms in total. The highest BCUT2D eigenvalue weighted by Crippen LogP contribution is 2.22. The van der Waals surface area contributed by atoms with Crippen LogP contribution in [0.5, 0.6) is 6.01 Å². The van der Waals surface area contributed by atoms with Crippen molar-refractivity contribution in [1.82, 2.24) is 24.9 Å². The fraction of sp³-hybridized carbons (Fsp3) is 0.417. The molecule has 2 rings (SSSR count). The number of hydrogen-bond donors (Lipinski definition) is 2. The predicted molar refractivity (Wildman–Crippen MR) is 78.4 cm³/mol. The summed E-state index contributed by atoms with van der Waals surface area (Å²) >= 11 is 1.11. The molecule has 0 unspecified atom stereocenters. The van der Waals surface area contributed by atoms with Crippen LogP contribution in [0.3, 0.4) is 0 Å². The highest BCUT2D eigenvalue weighted by Gasteiger charge is 2.09. The van der Waals surface area contributed by atoms with Crippen molar-refractivity contribution in [2.45, 2.75) is 37.0 Å². The van der Waals surface area contributed by atoms with E-state index in [1.54, 1.807) is 0 Å². The van der Waals surface area contributed by atoms with Crippen LogP contribution in [0.2, 0.25) is 0 Å². The molecule has 21 heavy (non-hydrogen) atoms. The molecule has 0 radical (unpaired) electrons. The molecule has 2 aromatic heterocycles. The summed E-state index contributed by atoms with van der Waals surface area (Å²) in [7, 11) is 0. The van der Waals surface area contributed by atoms with Gasteiger partial charge in [-0.1, -0.05) is 13.3 Å². The molecule has 9 heteroatoms. The second kappa shape index (κ2) is 7.02. The van der Waals surface area contributed by atoms with Crippen molar-refractivity contribution in [2.75, 3.05) is 12.3 Å². The molecule has 2 heterocycles. The summed E-state index contributed by atoms with van der Waals surface area (Å²) in [5.74, 6) is 0.0583. The van der Waals surface area contributed by atoms with Gasteiger partial charge in [-0.3, -0.25) is 4.79 Å². The minimum Gasteiger partial charge on any atom is -0.464 e. The van der Waals surface area contributed by atoms with Crippen molar-refractivity contribution in [1.29, 1.82) is 0 Å². The van der Waals surface area contributed by atoms with Crippen LogP contribution in [0.4, 0.5) is 5.95 Å². The van der Waals surface area contributed by atoms with Crippen LogP contribution in [0.25, 0.3) is 0 Å². The maximum atomic E-state index is 11.6. The molecule has 3 N–H and O–H groups in total. The van der Waals surface area contributed by atoms with Crippen molar-refractivity contribution in [3.63, 3.8) is 0 Å². The molecule has 0 aliphatic carbocycles. The van der Waals surface area contributed by atoms with Gasteiger partial charge in [0.1, 0.15) is 0 Å². The number of anilines is 1. The first-order valence-electron chi connectivity index (χ1n) is 6.53. The minimum atomic E-state index is -0.206. The normalized spacial score (nSPS) is 10.6. The van der Waals surface area contributed by atoms with Gasteiger partial charge in [0.05, 0.1) is 6.61 Å². The molecule has 0 saturated carbocycles. The molecule has 0 atom stereocenters. The Morgan fingerprint density at radius 3 is 2.81 bits per heavy atom. The lowest BCUT2D eigenvalue weighted by atomic mass is 10.2. The van der Waals surface area contributed by atoms with E-state index in [4.69, 9.17) is 10.5 Å². The summed E-state index contributed by atoms with van der Waals surface area (Å²) in [6.07, 6.45) is 1.65. The van der Waals surface area contributed by atoms with Crippen LogP contribution in [0, 0.1) is 0 Å². The van der Waals surface area contributed by atoms with Gasteiger partial charge in [0.2, 0.25) is 11.1 Å².